The number of nitrogens with one attached hydrogen (secondary N) is 2. The second-order valence-electron chi connectivity index (χ2n) is 19.1. The van der Waals surface area contributed by atoms with Gasteiger partial charge in [-0.25, -0.2) is 19.9 Å². The minimum atomic E-state index is -0.290. The van der Waals surface area contributed by atoms with Gasteiger partial charge in [0.15, 0.2) is 12.6 Å². The Morgan fingerprint density at radius 2 is 1.25 bits per heavy atom. The van der Waals surface area contributed by atoms with Gasteiger partial charge in [-0.15, -0.1) is 0 Å². The summed E-state index contributed by atoms with van der Waals surface area (Å²) in [5, 5.41) is 12.0. The van der Waals surface area contributed by atoms with Crippen molar-refractivity contribution in [2.24, 2.45) is 4.99 Å². The van der Waals surface area contributed by atoms with Crippen molar-refractivity contribution in [2.75, 3.05) is 108 Å². The lowest BCUT2D eigenvalue weighted by Gasteiger charge is -2.40. The second kappa shape index (κ2) is 32.4. The summed E-state index contributed by atoms with van der Waals surface area (Å²) in [7, 11) is 0. The van der Waals surface area contributed by atoms with Gasteiger partial charge in [0.05, 0.1) is 61.2 Å². The molecular weight excluding hydrogens is 967 g/mol. The molecule has 76 heavy (non-hydrogen) atoms. The Morgan fingerprint density at radius 3 is 1.86 bits per heavy atom. The number of aliphatic imine (C=N–C) groups is 1. The Labute approximate surface area is 452 Å². The quantitative estimate of drug-likeness (QED) is 0.0417. The average Bonchev–Trinajstić information content (AvgIpc) is 4.03. The van der Waals surface area contributed by atoms with Crippen molar-refractivity contribution in [3.63, 3.8) is 0 Å². The van der Waals surface area contributed by atoms with Gasteiger partial charge in [0.1, 0.15) is 41.5 Å². The third-order valence-electron chi connectivity index (χ3n) is 12.4. The Kier molecular flexibility index (Phi) is 26.2. The maximum Gasteiger partial charge on any atom is 0.180 e. The molecule has 2 fully saturated rings. The van der Waals surface area contributed by atoms with Gasteiger partial charge in [-0.2, -0.15) is 5.10 Å². The first kappa shape index (κ1) is 61.5. The van der Waals surface area contributed by atoms with E-state index in [1.807, 2.05) is 85.7 Å². The summed E-state index contributed by atoms with van der Waals surface area (Å²) in [4.78, 5) is 30.0. The zero-order chi connectivity index (χ0) is 53.5. The summed E-state index contributed by atoms with van der Waals surface area (Å²) >= 11 is 0. The highest BCUT2D eigenvalue weighted by Gasteiger charge is 2.27. The molecule has 19 nitrogen and oxygen atoms in total. The SMILES string of the molecule is C.CC(C)Oc1ccc2[nH]nc(-c3cc(N4CCN[C@@H](C)C4)ncn3)c2c1.CCCOCC(OCC)OCC.CCOC(COCCN1CCN(c2cc(C3=NCc4ccc(OC(C)C)cc43)ncn2)C[C@@H]1C)OCC. The number of nitrogens with zero attached hydrogens (tertiary/aromatic N) is 9. The van der Waals surface area contributed by atoms with Crippen LogP contribution in [0.4, 0.5) is 11.6 Å². The van der Waals surface area contributed by atoms with Gasteiger partial charge in [0.2, 0.25) is 0 Å². The number of rotatable bonds is 25. The fourth-order valence-corrected chi connectivity index (χ4v) is 8.95. The summed E-state index contributed by atoms with van der Waals surface area (Å²) in [6, 6.07) is 17.1. The molecule has 5 aromatic rings. The normalized spacial score (nSPS) is 16.6. The fraction of sp³-hybridized carbons (Fsp3) is 0.614. The number of hydrogen-bond acceptors (Lipinski definition) is 18. The smallest absolute Gasteiger partial charge is 0.180 e. The molecule has 0 saturated carbocycles. The molecule has 2 saturated heterocycles. The largest absolute Gasteiger partial charge is 0.491 e. The van der Waals surface area contributed by atoms with E-state index >= 15 is 0 Å². The minimum Gasteiger partial charge on any atom is -0.491 e. The molecule has 6 heterocycles. The minimum absolute atomic E-state index is 0. The summed E-state index contributed by atoms with van der Waals surface area (Å²) in [6.07, 6.45) is 4.08. The van der Waals surface area contributed by atoms with Crippen LogP contribution in [0.3, 0.4) is 0 Å². The summed E-state index contributed by atoms with van der Waals surface area (Å²) in [5.41, 5.74) is 6.66. The highest BCUT2D eigenvalue weighted by molar-refractivity contribution is 6.14. The molecular formula is C57H89N11O8. The van der Waals surface area contributed by atoms with Crippen LogP contribution >= 0.6 is 0 Å². The maximum absolute atomic E-state index is 5.91. The van der Waals surface area contributed by atoms with Crippen LogP contribution in [0.5, 0.6) is 11.5 Å². The van der Waals surface area contributed by atoms with Crippen molar-refractivity contribution in [3.8, 4) is 22.9 Å². The molecule has 0 radical (unpaired) electrons. The number of anilines is 2. The van der Waals surface area contributed by atoms with E-state index in [4.69, 9.17) is 42.9 Å². The number of ether oxygens (including phenoxy) is 8. The molecule has 2 N–H and O–H groups in total. The van der Waals surface area contributed by atoms with Crippen LogP contribution in [0.15, 0.2) is 66.2 Å². The van der Waals surface area contributed by atoms with Crippen LogP contribution in [0.1, 0.15) is 107 Å². The van der Waals surface area contributed by atoms with Crippen molar-refractivity contribution in [1.29, 1.82) is 0 Å². The van der Waals surface area contributed by atoms with Gasteiger partial charge in [0, 0.05) is 114 Å². The third-order valence-corrected chi connectivity index (χ3v) is 12.4. The summed E-state index contributed by atoms with van der Waals surface area (Å²) in [6.45, 7) is 34.6. The lowest BCUT2D eigenvalue weighted by Crippen LogP contribution is -2.53. The molecule has 0 bridgehead atoms. The number of H-pyrrole nitrogens is 1. The first-order valence-electron chi connectivity index (χ1n) is 27.2. The van der Waals surface area contributed by atoms with Crippen molar-refractivity contribution in [1.82, 2.24) is 40.3 Å². The Hall–Kier alpha value is -5.38. The number of hydrogen-bond donors (Lipinski definition) is 2. The molecule has 3 aliphatic heterocycles. The van der Waals surface area contributed by atoms with E-state index in [0.717, 1.165) is 121 Å². The Morgan fingerprint density at radius 1 is 0.658 bits per heavy atom. The summed E-state index contributed by atoms with van der Waals surface area (Å²) < 4.78 is 44.5. The second-order valence-corrected chi connectivity index (χ2v) is 19.1. The molecule has 0 amide bonds. The van der Waals surface area contributed by atoms with Gasteiger partial charge in [-0.05, 0) is 112 Å². The molecule has 2 aromatic carbocycles. The van der Waals surface area contributed by atoms with Crippen molar-refractivity contribution in [3.05, 3.63) is 78.0 Å². The van der Waals surface area contributed by atoms with E-state index in [1.165, 1.54) is 5.56 Å². The van der Waals surface area contributed by atoms with Gasteiger partial charge < -0.3 is 53.0 Å². The molecule has 3 aromatic heterocycles. The summed E-state index contributed by atoms with van der Waals surface area (Å²) in [5.74, 6) is 3.57. The zero-order valence-electron chi connectivity index (χ0n) is 46.5. The van der Waals surface area contributed by atoms with Gasteiger partial charge >= 0.3 is 0 Å². The Bertz CT molecular complexity index is 2460. The zero-order valence-corrected chi connectivity index (χ0v) is 46.5. The maximum atomic E-state index is 5.91. The lowest BCUT2D eigenvalue weighted by molar-refractivity contribution is -0.168. The first-order chi connectivity index (χ1) is 36.4. The van der Waals surface area contributed by atoms with Crippen LogP contribution in [0.25, 0.3) is 22.3 Å². The van der Waals surface area contributed by atoms with Gasteiger partial charge in [0.25, 0.3) is 0 Å². The van der Waals surface area contributed by atoms with Crippen molar-refractivity contribution in [2.45, 2.75) is 133 Å². The number of benzene rings is 2. The monoisotopic (exact) mass is 1060 g/mol. The van der Waals surface area contributed by atoms with Crippen molar-refractivity contribution >= 4 is 28.3 Å². The van der Waals surface area contributed by atoms with E-state index in [0.29, 0.717) is 64.9 Å². The third kappa shape index (κ3) is 18.7. The molecule has 2 atom stereocenters. The van der Waals surface area contributed by atoms with E-state index in [-0.39, 0.29) is 32.2 Å². The molecule has 3 aliphatic rings. The Balaban J connectivity index is 0.000000237. The van der Waals surface area contributed by atoms with Crippen LogP contribution in [0.2, 0.25) is 0 Å². The molecule has 8 rings (SSSR count). The van der Waals surface area contributed by atoms with Gasteiger partial charge in [-0.3, -0.25) is 15.0 Å². The van der Waals surface area contributed by atoms with E-state index < -0.39 is 0 Å². The highest BCUT2D eigenvalue weighted by atomic mass is 16.7. The standard InChI is InChI=1S/C28H41N5O4.C19H24N6O.C9H20O3.CH4/c1-6-35-27(36-7-2)18-34-13-12-32-10-11-33(17-21(32)5)26-15-25(30-19-31-26)28-24-14-23(37-20(3)4)9-8-22(24)16-29-28;1-12(2)26-14-4-5-16-15(8-14)19(24-23-16)17-9-18(22-11-21-17)25-7-6-20-13(3)10-25;1-4-7-10-8-9(11-5-2)12-6-3;/h8-9,14-15,19-21,27H,6-7,10-13,16-18H2,1-5H3;4-5,8-9,11-13,20H,6-7,10H2,1-3H3,(H,23,24);9H,4-8H2,1-3H3;1H4/t21-;13-;;/m00../s1. The predicted octanol–water partition coefficient (Wildman–Crippen LogP) is 8.59. The number of fused-ring (bicyclic) bond motifs is 2. The molecule has 19 heteroatoms. The number of aromatic nitrogens is 6. The topological polar surface area (TPSA) is 188 Å². The van der Waals surface area contributed by atoms with Crippen LogP contribution in [-0.4, -0.2) is 176 Å². The highest BCUT2D eigenvalue weighted by Crippen LogP contribution is 2.31. The van der Waals surface area contributed by atoms with Gasteiger partial charge in [-0.1, -0.05) is 20.4 Å². The van der Waals surface area contributed by atoms with E-state index in [9.17, 15) is 0 Å². The molecule has 0 aliphatic carbocycles. The van der Waals surface area contributed by atoms with E-state index in [1.54, 1.807) is 12.7 Å². The molecule has 0 unspecified atom stereocenters. The fourth-order valence-electron chi connectivity index (χ4n) is 8.95. The van der Waals surface area contributed by atoms with Crippen LogP contribution < -0.4 is 24.6 Å². The lowest BCUT2D eigenvalue weighted by atomic mass is 10.0. The van der Waals surface area contributed by atoms with Crippen molar-refractivity contribution < 1.29 is 37.9 Å². The van der Waals surface area contributed by atoms with Crippen LogP contribution in [-0.2, 0) is 35.0 Å². The average molecular weight is 1060 g/mol. The number of aromatic amines is 1. The van der Waals surface area contributed by atoms with Crippen LogP contribution in [0, 0.1) is 0 Å². The number of piperazine rings is 2. The molecule has 420 valence electrons. The molecule has 0 spiro atoms. The first-order valence-corrected chi connectivity index (χ1v) is 27.2. The van der Waals surface area contributed by atoms with E-state index in [2.05, 4.69) is 89.1 Å². The predicted molar refractivity (Wildman–Crippen MR) is 302 cm³/mol.